The molecule has 3 aliphatic rings. The Morgan fingerprint density at radius 2 is 1.71 bits per heavy atom. The fourth-order valence-corrected chi connectivity index (χ4v) is 6.48. The third-order valence-electron chi connectivity index (χ3n) is 8.88. The number of hydrogen-bond donors (Lipinski definition) is 6. The predicted molar refractivity (Wildman–Crippen MR) is 163 cm³/mol. The molecule has 216 valence electrons. The van der Waals surface area contributed by atoms with Crippen molar-refractivity contribution in [2.24, 2.45) is 17.4 Å². The van der Waals surface area contributed by atoms with Gasteiger partial charge in [0.15, 0.2) is 0 Å². The van der Waals surface area contributed by atoms with Crippen molar-refractivity contribution in [3.05, 3.63) is 76.9 Å². The highest BCUT2D eigenvalue weighted by Crippen LogP contribution is 2.36. The molecule has 2 heterocycles. The lowest BCUT2D eigenvalue weighted by atomic mass is 9.91. The van der Waals surface area contributed by atoms with E-state index in [0.29, 0.717) is 37.7 Å². The number of nitrogens with two attached hydrogens (primary N) is 2. The van der Waals surface area contributed by atoms with Crippen molar-refractivity contribution >= 4 is 28.2 Å². The number of hydrazine groups is 1. The van der Waals surface area contributed by atoms with Crippen LogP contribution < -0.4 is 32.5 Å². The lowest BCUT2D eigenvalue weighted by Crippen LogP contribution is -2.49. The van der Waals surface area contributed by atoms with Gasteiger partial charge in [0, 0.05) is 55.3 Å². The highest BCUT2D eigenvalue weighted by Gasteiger charge is 2.36. The molecule has 2 fully saturated rings. The Balaban J connectivity index is 1.26. The van der Waals surface area contributed by atoms with Gasteiger partial charge in [-0.1, -0.05) is 48.5 Å². The maximum atomic E-state index is 13.8. The van der Waals surface area contributed by atoms with Crippen molar-refractivity contribution in [3.8, 4) is 0 Å². The molecule has 6 rings (SSSR count). The Labute approximate surface area is 241 Å². The fraction of sp³-hybridized carbons (Fsp3) is 0.438. The molecule has 1 saturated carbocycles. The maximum Gasteiger partial charge on any atom is 0.243 e. The van der Waals surface area contributed by atoms with Crippen LogP contribution in [-0.2, 0) is 29.1 Å². The van der Waals surface area contributed by atoms with Gasteiger partial charge in [0.25, 0.3) is 0 Å². The number of fused-ring (bicyclic) bond motifs is 2. The van der Waals surface area contributed by atoms with Crippen LogP contribution in [0.1, 0.15) is 47.9 Å². The number of anilines is 1. The Bertz CT molecular complexity index is 1410. The molecule has 1 saturated heterocycles. The summed E-state index contributed by atoms with van der Waals surface area (Å²) < 4.78 is 6.11. The zero-order valence-corrected chi connectivity index (χ0v) is 23.5. The van der Waals surface area contributed by atoms with E-state index in [9.17, 15) is 4.79 Å². The third-order valence-corrected chi connectivity index (χ3v) is 8.88. The van der Waals surface area contributed by atoms with Crippen LogP contribution in [0, 0.1) is 11.3 Å². The summed E-state index contributed by atoms with van der Waals surface area (Å²) in [7, 11) is 0. The number of amidine groups is 1. The lowest BCUT2D eigenvalue weighted by Gasteiger charge is -2.31. The molecule has 1 atom stereocenters. The summed E-state index contributed by atoms with van der Waals surface area (Å²) in [5.41, 5.74) is 23.3. The number of nitrogen functional groups attached to an aromatic ring is 1. The normalized spacial score (nSPS) is 22.7. The number of nitrogens with one attached hydrogen (secondary N) is 4. The first-order chi connectivity index (χ1) is 20.0. The molecule has 0 spiro atoms. The van der Waals surface area contributed by atoms with Gasteiger partial charge in [-0.2, -0.15) is 0 Å². The van der Waals surface area contributed by atoms with Crippen molar-refractivity contribution in [2.45, 2.75) is 63.4 Å². The number of benzene rings is 3. The van der Waals surface area contributed by atoms with E-state index >= 15 is 0 Å². The van der Waals surface area contributed by atoms with Gasteiger partial charge in [0.05, 0.1) is 13.2 Å². The number of amides is 1. The van der Waals surface area contributed by atoms with Crippen LogP contribution in [-0.4, -0.2) is 49.6 Å². The fourth-order valence-electron chi connectivity index (χ4n) is 6.48. The zero-order valence-electron chi connectivity index (χ0n) is 23.5. The van der Waals surface area contributed by atoms with E-state index < -0.39 is 0 Å². The molecule has 8 N–H and O–H groups in total. The third kappa shape index (κ3) is 6.08. The number of hydrogen-bond acceptors (Lipinski definition) is 7. The van der Waals surface area contributed by atoms with E-state index in [4.69, 9.17) is 21.6 Å². The van der Waals surface area contributed by atoms with Crippen LogP contribution in [0.5, 0.6) is 0 Å². The molecule has 1 aliphatic carbocycles. The van der Waals surface area contributed by atoms with E-state index in [1.165, 1.54) is 5.39 Å². The van der Waals surface area contributed by atoms with E-state index in [0.717, 1.165) is 66.5 Å². The summed E-state index contributed by atoms with van der Waals surface area (Å²) in [5.74, 6) is 0.554. The standard InChI is InChI=1S/C32H41N7O2/c33-25-9-11-26(12-10-25)38-32(40)30-13-21-5-6-22(31(34)35)14-29(21)39(30)17-23-7-8-24(28-4-2-1-3-27(23)28)19-41-18-20-15-36-37-16-20/h1-8,14,20,25-26,30,36-37H,9-13,15-19,33H2,(H3,34,35)(H,38,40). The van der Waals surface area contributed by atoms with Crippen LogP contribution >= 0.6 is 0 Å². The van der Waals surface area contributed by atoms with Gasteiger partial charge in [-0.25, -0.2) is 0 Å². The summed E-state index contributed by atoms with van der Waals surface area (Å²) in [5, 5.41) is 13.7. The molecule has 0 radical (unpaired) electrons. The molecular weight excluding hydrogens is 514 g/mol. The molecule has 0 bridgehead atoms. The number of ether oxygens (including phenoxy) is 1. The Hall–Kier alpha value is -3.50. The summed E-state index contributed by atoms with van der Waals surface area (Å²) in [6.45, 7) is 3.69. The van der Waals surface area contributed by atoms with Crippen molar-refractivity contribution in [2.75, 3.05) is 24.6 Å². The zero-order chi connectivity index (χ0) is 28.3. The summed E-state index contributed by atoms with van der Waals surface area (Å²) in [6, 6.07) is 18.7. The molecule has 9 heteroatoms. The first-order valence-corrected chi connectivity index (χ1v) is 14.8. The van der Waals surface area contributed by atoms with E-state index in [-0.39, 0.29) is 29.9 Å². The minimum absolute atomic E-state index is 0.0261. The van der Waals surface area contributed by atoms with Gasteiger partial charge >= 0.3 is 0 Å². The molecule has 1 amide bonds. The minimum Gasteiger partial charge on any atom is -0.384 e. The van der Waals surface area contributed by atoms with Gasteiger partial charge in [-0.3, -0.25) is 21.1 Å². The Morgan fingerprint density at radius 3 is 2.44 bits per heavy atom. The van der Waals surface area contributed by atoms with E-state index in [1.54, 1.807) is 0 Å². The highest BCUT2D eigenvalue weighted by atomic mass is 16.5. The molecule has 9 nitrogen and oxygen atoms in total. The Kier molecular flexibility index (Phi) is 8.20. The molecule has 3 aromatic rings. The van der Waals surface area contributed by atoms with Crippen molar-refractivity contribution < 1.29 is 9.53 Å². The van der Waals surface area contributed by atoms with Crippen LogP contribution in [0.2, 0.25) is 0 Å². The minimum atomic E-state index is -0.335. The predicted octanol–water partition coefficient (Wildman–Crippen LogP) is 2.68. The first kappa shape index (κ1) is 27.7. The summed E-state index contributed by atoms with van der Waals surface area (Å²) in [6.07, 6.45) is 4.35. The molecule has 3 aromatic carbocycles. The van der Waals surface area contributed by atoms with Gasteiger partial charge in [0.2, 0.25) is 5.91 Å². The summed E-state index contributed by atoms with van der Waals surface area (Å²) >= 11 is 0. The van der Waals surface area contributed by atoms with Crippen molar-refractivity contribution in [1.29, 1.82) is 5.41 Å². The molecule has 1 unspecified atom stereocenters. The number of nitrogens with zero attached hydrogens (tertiary/aromatic N) is 1. The van der Waals surface area contributed by atoms with Crippen LogP contribution in [0.3, 0.4) is 0 Å². The maximum absolute atomic E-state index is 13.8. The van der Waals surface area contributed by atoms with Gasteiger partial charge in [-0.15, -0.1) is 0 Å². The van der Waals surface area contributed by atoms with Crippen LogP contribution in [0.15, 0.2) is 54.6 Å². The smallest absolute Gasteiger partial charge is 0.243 e. The van der Waals surface area contributed by atoms with Crippen LogP contribution in [0.25, 0.3) is 10.8 Å². The van der Waals surface area contributed by atoms with E-state index in [1.807, 2.05) is 18.2 Å². The topological polar surface area (TPSA) is 142 Å². The average Bonchev–Trinajstić information content (AvgIpc) is 3.63. The SMILES string of the molecule is N=C(N)c1ccc2c(c1)N(Cc1ccc(COCC3CNNC3)c3ccccc13)C(C(=O)NC1CCC(N)CC1)C2. The second-order valence-corrected chi connectivity index (χ2v) is 11.8. The average molecular weight is 556 g/mol. The Morgan fingerprint density at radius 1 is 1.00 bits per heavy atom. The van der Waals surface area contributed by atoms with Gasteiger partial charge < -0.3 is 26.4 Å². The monoisotopic (exact) mass is 555 g/mol. The lowest BCUT2D eigenvalue weighted by molar-refractivity contribution is -0.123. The van der Waals surface area contributed by atoms with Gasteiger partial charge in [-0.05, 0) is 59.2 Å². The van der Waals surface area contributed by atoms with Crippen molar-refractivity contribution in [3.63, 3.8) is 0 Å². The largest absolute Gasteiger partial charge is 0.384 e. The quantitative estimate of drug-likeness (QED) is 0.176. The van der Waals surface area contributed by atoms with Crippen LogP contribution in [0.4, 0.5) is 5.69 Å². The number of carbonyl (C=O) groups is 1. The van der Waals surface area contributed by atoms with E-state index in [2.05, 4.69) is 57.5 Å². The molecular formula is C32H41N7O2. The number of carbonyl (C=O) groups excluding carboxylic acids is 1. The number of rotatable bonds is 9. The first-order valence-electron chi connectivity index (χ1n) is 14.8. The molecule has 41 heavy (non-hydrogen) atoms. The highest BCUT2D eigenvalue weighted by molar-refractivity contribution is 5.97. The second-order valence-electron chi connectivity index (χ2n) is 11.8. The molecule has 0 aromatic heterocycles. The summed E-state index contributed by atoms with van der Waals surface area (Å²) in [4.78, 5) is 15.9. The van der Waals surface area contributed by atoms with Gasteiger partial charge in [0.1, 0.15) is 11.9 Å². The van der Waals surface area contributed by atoms with Crippen molar-refractivity contribution in [1.82, 2.24) is 16.2 Å². The molecule has 2 aliphatic heterocycles. The second kappa shape index (κ2) is 12.2.